The van der Waals surface area contributed by atoms with E-state index in [4.69, 9.17) is 9.84 Å². The maximum absolute atomic E-state index is 12.1. The van der Waals surface area contributed by atoms with Gasteiger partial charge >= 0.3 is 5.97 Å². The Kier molecular flexibility index (Phi) is 3.70. The van der Waals surface area contributed by atoms with Crippen LogP contribution in [0.25, 0.3) is 0 Å². The summed E-state index contributed by atoms with van der Waals surface area (Å²) in [5.74, 6) is -1.27. The van der Waals surface area contributed by atoms with E-state index >= 15 is 0 Å². The average molecular weight is 277 g/mol. The number of aryl methyl sites for hydroxylation is 1. The van der Waals surface area contributed by atoms with Crippen molar-refractivity contribution in [1.29, 1.82) is 0 Å². The van der Waals surface area contributed by atoms with Crippen molar-refractivity contribution < 1.29 is 19.4 Å². The molecule has 0 aromatic heterocycles. The van der Waals surface area contributed by atoms with E-state index in [-0.39, 0.29) is 5.91 Å². The van der Waals surface area contributed by atoms with Crippen molar-refractivity contribution in [3.05, 3.63) is 22.8 Å². The van der Waals surface area contributed by atoms with E-state index in [1.807, 2.05) is 26.8 Å². The number of anilines is 1. The van der Waals surface area contributed by atoms with Crippen molar-refractivity contribution >= 4 is 17.6 Å². The zero-order valence-corrected chi connectivity index (χ0v) is 12.1. The lowest BCUT2D eigenvalue weighted by atomic mass is 10.0. The van der Waals surface area contributed by atoms with Gasteiger partial charge in [-0.2, -0.15) is 0 Å². The Morgan fingerprint density at radius 1 is 1.25 bits per heavy atom. The van der Waals surface area contributed by atoms with Crippen LogP contribution in [0.5, 0.6) is 5.75 Å². The van der Waals surface area contributed by atoms with Crippen molar-refractivity contribution in [1.82, 2.24) is 0 Å². The molecular weight excluding hydrogens is 258 g/mol. The summed E-state index contributed by atoms with van der Waals surface area (Å²) in [5.41, 5.74) is 3.58. The van der Waals surface area contributed by atoms with Gasteiger partial charge in [-0.15, -0.1) is 0 Å². The zero-order valence-electron chi connectivity index (χ0n) is 12.1. The predicted octanol–water partition coefficient (Wildman–Crippen LogP) is 2.28. The summed E-state index contributed by atoms with van der Waals surface area (Å²) in [5, 5.41) is 11.7. The van der Waals surface area contributed by atoms with Crippen molar-refractivity contribution in [3.8, 4) is 5.75 Å². The molecule has 5 nitrogen and oxygen atoms in total. The van der Waals surface area contributed by atoms with E-state index in [9.17, 15) is 9.59 Å². The van der Waals surface area contributed by atoms with Gasteiger partial charge in [-0.3, -0.25) is 9.59 Å². The molecule has 0 bridgehead atoms. The summed E-state index contributed by atoms with van der Waals surface area (Å²) in [6.07, 6.45) is 0.425. The molecule has 20 heavy (non-hydrogen) atoms. The van der Waals surface area contributed by atoms with E-state index in [0.717, 1.165) is 28.1 Å². The van der Waals surface area contributed by atoms with Gasteiger partial charge in [0.05, 0.1) is 18.9 Å². The van der Waals surface area contributed by atoms with Crippen molar-refractivity contribution in [2.45, 2.75) is 27.2 Å². The minimum Gasteiger partial charge on any atom is -0.496 e. The van der Waals surface area contributed by atoms with Crippen LogP contribution in [0.2, 0.25) is 0 Å². The van der Waals surface area contributed by atoms with Gasteiger partial charge in [-0.05, 0) is 49.9 Å². The standard InChI is InChI=1S/C15H19NO4/c1-7-5-12(20-4)8(2)9(3)13(7)16-14(17)10-6-11(10)15(18)19/h5,10-11H,6H2,1-4H3,(H,16,17)(H,18,19). The van der Waals surface area contributed by atoms with Gasteiger partial charge in [-0.25, -0.2) is 0 Å². The molecule has 2 N–H and O–H groups in total. The number of carbonyl (C=O) groups is 2. The number of carboxylic acids is 1. The van der Waals surface area contributed by atoms with Crippen LogP contribution in [0.4, 0.5) is 5.69 Å². The molecule has 1 saturated carbocycles. The highest BCUT2D eigenvalue weighted by Gasteiger charge is 2.48. The SMILES string of the molecule is COc1cc(C)c(NC(=O)C2CC2C(=O)O)c(C)c1C. The van der Waals surface area contributed by atoms with Crippen molar-refractivity contribution in [2.24, 2.45) is 11.8 Å². The second kappa shape index (κ2) is 5.15. The second-order valence-electron chi connectivity index (χ2n) is 5.30. The molecule has 1 fully saturated rings. The van der Waals surface area contributed by atoms with Crippen LogP contribution in [-0.2, 0) is 9.59 Å². The Morgan fingerprint density at radius 2 is 1.90 bits per heavy atom. The van der Waals surface area contributed by atoms with Crippen molar-refractivity contribution in [3.63, 3.8) is 0 Å². The Hall–Kier alpha value is -2.04. The lowest BCUT2D eigenvalue weighted by Gasteiger charge is -2.16. The third-order valence-corrected chi connectivity index (χ3v) is 3.96. The number of carboxylic acid groups (broad SMARTS) is 1. The van der Waals surface area contributed by atoms with E-state index < -0.39 is 17.8 Å². The van der Waals surface area contributed by atoms with Crippen LogP contribution in [0.3, 0.4) is 0 Å². The van der Waals surface area contributed by atoms with E-state index in [0.29, 0.717) is 6.42 Å². The number of amides is 1. The molecule has 2 rings (SSSR count). The minimum atomic E-state index is -0.899. The van der Waals surface area contributed by atoms with E-state index in [1.54, 1.807) is 7.11 Å². The summed E-state index contributed by atoms with van der Waals surface area (Å²) in [4.78, 5) is 22.9. The van der Waals surface area contributed by atoms with Crippen LogP contribution in [0, 0.1) is 32.6 Å². The molecule has 0 heterocycles. The topological polar surface area (TPSA) is 75.6 Å². The monoisotopic (exact) mass is 277 g/mol. The molecule has 1 aromatic rings. The largest absolute Gasteiger partial charge is 0.496 e. The first kappa shape index (κ1) is 14.4. The van der Waals surface area contributed by atoms with E-state index in [1.165, 1.54) is 0 Å². The van der Waals surface area contributed by atoms with Crippen LogP contribution in [0.15, 0.2) is 6.07 Å². The molecule has 2 unspecified atom stereocenters. The average Bonchev–Trinajstić information content (AvgIpc) is 3.19. The van der Waals surface area contributed by atoms with Gasteiger partial charge in [0, 0.05) is 5.69 Å². The van der Waals surface area contributed by atoms with E-state index in [2.05, 4.69) is 5.32 Å². The number of aliphatic carboxylic acids is 1. The molecule has 108 valence electrons. The number of benzene rings is 1. The highest BCUT2D eigenvalue weighted by molar-refractivity contribution is 5.99. The summed E-state index contributed by atoms with van der Waals surface area (Å²) in [7, 11) is 1.61. The molecule has 0 spiro atoms. The van der Waals surface area contributed by atoms with Crippen LogP contribution in [0.1, 0.15) is 23.1 Å². The van der Waals surface area contributed by atoms with Gasteiger partial charge in [0.15, 0.2) is 0 Å². The number of hydrogen-bond donors (Lipinski definition) is 2. The number of hydrogen-bond acceptors (Lipinski definition) is 3. The second-order valence-corrected chi connectivity index (χ2v) is 5.30. The maximum atomic E-state index is 12.1. The van der Waals surface area contributed by atoms with Crippen molar-refractivity contribution in [2.75, 3.05) is 12.4 Å². The van der Waals surface area contributed by atoms with Crippen LogP contribution < -0.4 is 10.1 Å². The summed E-state index contributed by atoms with van der Waals surface area (Å²) >= 11 is 0. The Balaban J connectivity index is 2.20. The molecule has 1 aliphatic rings. The van der Waals surface area contributed by atoms with Gasteiger partial charge in [0.1, 0.15) is 5.75 Å². The fraction of sp³-hybridized carbons (Fsp3) is 0.467. The number of carbonyl (C=O) groups excluding carboxylic acids is 1. The smallest absolute Gasteiger partial charge is 0.307 e. The number of methoxy groups -OCH3 is 1. The third-order valence-electron chi connectivity index (χ3n) is 3.96. The fourth-order valence-electron chi connectivity index (χ4n) is 2.42. The third kappa shape index (κ3) is 2.48. The fourth-order valence-corrected chi connectivity index (χ4v) is 2.42. The summed E-state index contributed by atoms with van der Waals surface area (Å²) < 4.78 is 5.28. The molecule has 1 aliphatic carbocycles. The summed E-state index contributed by atoms with van der Waals surface area (Å²) in [6, 6.07) is 1.87. The number of nitrogens with one attached hydrogen (secondary N) is 1. The highest BCUT2D eigenvalue weighted by Crippen LogP contribution is 2.40. The van der Waals surface area contributed by atoms with Gasteiger partial charge in [-0.1, -0.05) is 0 Å². The Bertz CT molecular complexity index is 580. The highest BCUT2D eigenvalue weighted by atomic mass is 16.5. The van der Waals surface area contributed by atoms with Gasteiger partial charge in [0.25, 0.3) is 0 Å². The van der Waals surface area contributed by atoms with Gasteiger partial charge in [0.2, 0.25) is 5.91 Å². The lowest BCUT2D eigenvalue weighted by Crippen LogP contribution is -2.18. The van der Waals surface area contributed by atoms with Gasteiger partial charge < -0.3 is 15.2 Å². The zero-order chi connectivity index (χ0) is 15.0. The lowest BCUT2D eigenvalue weighted by molar-refractivity contribution is -0.139. The molecule has 1 aromatic carbocycles. The molecule has 1 amide bonds. The first-order chi connectivity index (χ1) is 9.36. The Labute approximate surface area is 117 Å². The normalized spacial score (nSPS) is 20.4. The predicted molar refractivity (Wildman–Crippen MR) is 75.1 cm³/mol. The molecule has 2 atom stereocenters. The quantitative estimate of drug-likeness (QED) is 0.885. The number of ether oxygens (including phenoxy) is 1. The van der Waals surface area contributed by atoms with Crippen LogP contribution >= 0.6 is 0 Å². The molecule has 5 heteroatoms. The summed E-state index contributed by atoms with van der Waals surface area (Å²) in [6.45, 7) is 5.74. The molecule has 0 radical (unpaired) electrons. The molecule has 0 aliphatic heterocycles. The van der Waals surface area contributed by atoms with Crippen LogP contribution in [-0.4, -0.2) is 24.1 Å². The first-order valence-electron chi connectivity index (χ1n) is 6.55. The Morgan fingerprint density at radius 3 is 2.40 bits per heavy atom. The molecule has 0 saturated heterocycles. The minimum absolute atomic E-state index is 0.215. The maximum Gasteiger partial charge on any atom is 0.307 e. The number of rotatable bonds is 4. The first-order valence-corrected chi connectivity index (χ1v) is 6.55. The molecular formula is C15H19NO4.